The molecule has 0 aromatic rings. The Morgan fingerprint density at radius 3 is 2.90 bits per heavy atom. The van der Waals surface area contributed by atoms with Crippen LogP contribution >= 0.6 is 0 Å². The fourth-order valence-electron chi connectivity index (χ4n) is 1.16. The number of allylic oxidation sites excluding steroid dienone is 1. The summed E-state index contributed by atoms with van der Waals surface area (Å²) in [6.07, 6.45) is 3.33. The molecule has 0 aliphatic carbocycles. The van der Waals surface area contributed by atoms with Crippen LogP contribution in [0.1, 0.15) is 20.3 Å². The van der Waals surface area contributed by atoms with Crippen LogP contribution in [0.15, 0.2) is 23.8 Å². The van der Waals surface area contributed by atoms with Crippen molar-refractivity contribution in [3.8, 4) is 0 Å². The highest BCUT2D eigenvalue weighted by molar-refractivity contribution is 5.25. The average Bonchev–Trinajstić information content (AvgIpc) is 1.94. The summed E-state index contributed by atoms with van der Waals surface area (Å²) in [5.41, 5.74) is 2.69. The maximum atomic E-state index is 5.42. The highest BCUT2D eigenvalue weighted by Crippen LogP contribution is 2.20. The molecule has 0 saturated heterocycles. The van der Waals surface area contributed by atoms with Crippen LogP contribution < -0.4 is 0 Å². The number of hydrogen-bond donors (Lipinski definition) is 0. The van der Waals surface area contributed by atoms with Crippen LogP contribution in [0.3, 0.4) is 0 Å². The average molecular weight is 138 g/mol. The highest BCUT2D eigenvalue weighted by atomic mass is 16.5. The van der Waals surface area contributed by atoms with Crippen LogP contribution in [-0.4, -0.2) is 12.7 Å². The molecule has 0 spiro atoms. The normalized spacial score (nSPS) is 26.8. The van der Waals surface area contributed by atoms with Gasteiger partial charge >= 0.3 is 0 Å². The van der Waals surface area contributed by atoms with E-state index < -0.39 is 0 Å². The molecule has 0 amide bonds. The summed E-state index contributed by atoms with van der Waals surface area (Å²) in [7, 11) is 0. The summed E-state index contributed by atoms with van der Waals surface area (Å²) in [5.74, 6) is 0. The summed E-state index contributed by atoms with van der Waals surface area (Å²) >= 11 is 0. The zero-order valence-electron chi connectivity index (χ0n) is 6.68. The number of hydrogen-bond acceptors (Lipinski definition) is 1. The summed E-state index contributed by atoms with van der Waals surface area (Å²) in [5, 5.41) is 0. The lowest BCUT2D eigenvalue weighted by atomic mass is 10.0. The van der Waals surface area contributed by atoms with Gasteiger partial charge in [-0.1, -0.05) is 12.7 Å². The van der Waals surface area contributed by atoms with Crippen LogP contribution in [-0.2, 0) is 4.74 Å². The van der Waals surface area contributed by atoms with E-state index in [-0.39, 0.29) is 0 Å². The monoisotopic (exact) mass is 138 g/mol. The molecule has 0 aromatic heterocycles. The first kappa shape index (κ1) is 7.55. The van der Waals surface area contributed by atoms with Gasteiger partial charge < -0.3 is 4.74 Å². The zero-order chi connectivity index (χ0) is 7.56. The third kappa shape index (κ3) is 1.48. The van der Waals surface area contributed by atoms with Gasteiger partial charge in [-0.2, -0.15) is 0 Å². The Morgan fingerprint density at radius 2 is 2.40 bits per heavy atom. The lowest BCUT2D eigenvalue weighted by Gasteiger charge is -2.21. The maximum Gasteiger partial charge on any atom is 0.0683 e. The first-order valence-electron chi connectivity index (χ1n) is 3.66. The minimum Gasteiger partial charge on any atom is -0.374 e. The van der Waals surface area contributed by atoms with Gasteiger partial charge in [0, 0.05) is 0 Å². The van der Waals surface area contributed by atoms with Crippen LogP contribution in [0.4, 0.5) is 0 Å². The third-order valence-electron chi connectivity index (χ3n) is 1.89. The molecule has 0 saturated carbocycles. The molecule has 1 rings (SSSR count). The Kier molecular flexibility index (Phi) is 2.28. The molecule has 0 aromatic carbocycles. The summed E-state index contributed by atoms with van der Waals surface area (Å²) in [6.45, 7) is 8.73. The van der Waals surface area contributed by atoms with Gasteiger partial charge in [0.25, 0.3) is 0 Å². The Balaban J connectivity index is 2.71. The summed E-state index contributed by atoms with van der Waals surface area (Å²) < 4.78 is 5.42. The van der Waals surface area contributed by atoms with E-state index in [0.29, 0.717) is 6.10 Å². The van der Waals surface area contributed by atoms with E-state index >= 15 is 0 Å². The molecule has 0 bridgehead atoms. The van der Waals surface area contributed by atoms with E-state index in [1.54, 1.807) is 0 Å². The number of rotatable bonds is 1. The van der Waals surface area contributed by atoms with Crippen molar-refractivity contribution in [1.29, 1.82) is 0 Å². The van der Waals surface area contributed by atoms with Crippen molar-refractivity contribution in [2.45, 2.75) is 26.4 Å². The molecule has 1 heterocycles. The minimum absolute atomic E-state index is 0.372. The number of ether oxygens (including phenoxy) is 1. The van der Waals surface area contributed by atoms with E-state index in [2.05, 4.69) is 20.4 Å². The molecule has 1 aliphatic rings. The summed E-state index contributed by atoms with van der Waals surface area (Å²) in [6, 6.07) is 0. The second kappa shape index (κ2) is 3.02. The Labute approximate surface area is 62.4 Å². The fraction of sp³-hybridized carbons (Fsp3) is 0.556. The van der Waals surface area contributed by atoms with E-state index in [1.807, 2.05) is 6.08 Å². The van der Waals surface area contributed by atoms with Crippen molar-refractivity contribution in [3.05, 3.63) is 23.8 Å². The molecule has 1 heteroatoms. The molecule has 56 valence electrons. The first-order valence-corrected chi connectivity index (χ1v) is 3.66. The topological polar surface area (TPSA) is 9.23 Å². The molecule has 1 nitrogen and oxygen atoms in total. The van der Waals surface area contributed by atoms with Crippen molar-refractivity contribution in [1.82, 2.24) is 0 Å². The fourth-order valence-corrected chi connectivity index (χ4v) is 1.16. The Hall–Kier alpha value is -0.560. The van der Waals surface area contributed by atoms with E-state index in [9.17, 15) is 0 Å². The summed E-state index contributed by atoms with van der Waals surface area (Å²) in [4.78, 5) is 0. The lowest BCUT2D eigenvalue weighted by Crippen LogP contribution is -2.17. The Morgan fingerprint density at radius 1 is 1.70 bits per heavy atom. The molecule has 1 unspecified atom stereocenters. The molecular weight excluding hydrogens is 124 g/mol. The van der Waals surface area contributed by atoms with Gasteiger partial charge in [0.1, 0.15) is 0 Å². The van der Waals surface area contributed by atoms with Crippen LogP contribution in [0.2, 0.25) is 0 Å². The van der Waals surface area contributed by atoms with Gasteiger partial charge in [0.2, 0.25) is 0 Å². The van der Waals surface area contributed by atoms with Gasteiger partial charge in [-0.15, -0.1) is 0 Å². The van der Waals surface area contributed by atoms with Gasteiger partial charge in [-0.05, 0) is 31.4 Å². The van der Waals surface area contributed by atoms with Crippen molar-refractivity contribution in [2.24, 2.45) is 0 Å². The molecule has 10 heavy (non-hydrogen) atoms. The van der Waals surface area contributed by atoms with Crippen LogP contribution in [0, 0.1) is 0 Å². The van der Waals surface area contributed by atoms with E-state index in [4.69, 9.17) is 4.74 Å². The smallest absolute Gasteiger partial charge is 0.0683 e. The molecule has 0 radical (unpaired) electrons. The lowest BCUT2D eigenvalue weighted by molar-refractivity contribution is 0.0731. The van der Waals surface area contributed by atoms with Gasteiger partial charge in [0.15, 0.2) is 0 Å². The second-order valence-corrected chi connectivity index (χ2v) is 2.84. The maximum absolute atomic E-state index is 5.42. The SMILES string of the molecule is C=CC1=C(C)COC(C)C1. The highest BCUT2D eigenvalue weighted by Gasteiger charge is 2.12. The first-order chi connectivity index (χ1) is 4.74. The van der Waals surface area contributed by atoms with Crippen molar-refractivity contribution in [2.75, 3.05) is 6.61 Å². The molecule has 0 fully saturated rings. The van der Waals surface area contributed by atoms with Crippen molar-refractivity contribution < 1.29 is 4.74 Å². The van der Waals surface area contributed by atoms with Crippen LogP contribution in [0.5, 0.6) is 0 Å². The molecule has 0 N–H and O–H groups in total. The van der Waals surface area contributed by atoms with Crippen molar-refractivity contribution in [3.63, 3.8) is 0 Å². The van der Waals surface area contributed by atoms with Crippen LogP contribution in [0.25, 0.3) is 0 Å². The molecular formula is C9H14O. The molecule has 1 atom stereocenters. The van der Waals surface area contributed by atoms with Crippen molar-refractivity contribution >= 4 is 0 Å². The van der Waals surface area contributed by atoms with Gasteiger partial charge in [0.05, 0.1) is 12.7 Å². The van der Waals surface area contributed by atoms with E-state index in [1.165, 1.54) is 11.1 Å². The minimum atomic E-state index is 0.372. The standard InChI is InChI=1S/C9H14O/c1-4-9-5-8(3)10-6-7(9)2/h4,8H,1,5-6H2,2-3H3. The molecule has 1 aliphatic heterocycles. The van der Waals surface area contributed by atoms with Gasteiger partial charge in [-0.3, -0.25) is 0 Å². The third-order valence-corrected chi connectivity index (χ3v) is 1.89. The quantitative estimate of drug-likeness (QED) is 0.540. The predicted octanol–water partition coefficient (Wildman–Crippen LogP) is 2.30. The van der Waals surface area contributed by atoms with E-state index in [0.717, 1.165) is 13.0 Å². The largest absolute Gasteiger partial charge is 0.374 e. The second-order valence-electron chi connectivity index (χ2n) is 2.84. The van der Waals surface area contributed by atoms with Gasteiger partial charge in [-0.25, -0.2) is 0 Å². The Bertz CT molecular complexity index is 168. The zero-order valence-corrected chi connectivity index (χ0v) is 6.68. The predicted molar refractivity (Wildman–Crippen MR) is 42.9 cm³/mol.